The summed E-state index contributed by atoms with van der Waals surface area (Å²) in [5.41, 5.74) is 5.04. The van der Waals surface area contributed by atoms with Crippen molar-refractivity contribution in [3.8, 4) is 22.3 Å². The second kappa shape index (κ2) is 6.16. The number of rotatable bonds is 2. The normalized spacial score (nSPS) is 11.1. The van der Waals surface area contributed by atoms with Gasteiger partial charge in [-0.3, -0.25) is 0 Å². The zero-order chi connectivity index (χ0) is 17.3. The summed E-state index contributed by atoms with van der Waals surface area (Å²) in [6.07, 6.45) is 0. The summed E-state index contributed by atoms with van der Waals surface area (Å²) < 4.78 is 0. The molecule has 0 unspecified atom stereocenters. The molecule has 0 atom stereocenters. The maximum atomic E-state index is 2.30. The van der Waals surface area contributed by atoms with Gasteiger partial charge in [-0.1, -0.05) is 84.9 Å². The molecule has 0 aromatic heterocycles. The summed E-state index contributed by atoms with van der Waals surface area (Å²) >= 11 is 0. The maximum absolute atomic E-state index is 2.30. The fraction of sp³-hybridized carbons (Fsp3) is 0. The van der Waals surface area contributed by atoms with Gasteiger partial charge in [-0.25, -0.2) is 0 Å². The van der Waals surface area contributed by atoms with Crippen LogP contribution in [0.4, 0.5) is 0 Å². The molecule has 0 heteroatoms. The smallest absolute Gasteiger partial charge is 0.0171 e. The van der Waals surface area contributed by atoms with E-state index in [2.05, 4.69) is 109 Å². The first-order valence-corrected chi connectivity index (χ1v) is 8.95. The van der Waals surface area contributed by atoms with E-state index in [9.17, 15) is 0 Å². The third-order valence-electron chi connectivity index (χ3n) is 5.01. The summed E-state index contributed by atoms with van der Waals surface area (Å²) in [4.78, 5) is 0. The topological polar surface area (TPSA) is 0 Å². The van der Waals surface area contributed by atoms with Crippen LogP contribution in [0.3, 0.4) is 0 Å². The van der Waals surface area contributed by atoms with Gasteiger partial charge < -0.3 is 0 Å². The molecule has 0 amide bonds. The highest BCUT2D eigenvalue weighted by molar-refractivity contribution is 6.01. The minimum absolute atomic E-state index is 1.26. The van der Waals surface area contributed by atoms with Crippen LogP contribution >= 0.6 is 0 Å². The average molecular weight is 330 g/mol. The second-order valence-electron chi connectivity index (χ2n) is 6.71. The van der Waals surface area contributed by atoms with Crippen LogP contribution in [0.15, 0.2) is 109 Å². The molecule has 0 saturated carbocycles. The van der Waals surface area contributed by atoms with E-state index in [0.29, 0.717) is 0 Å². The highest BCUT2D eigenvalue weighted by atomic mass is 14.1. The van der Waals surface area contributed by atoms with Crippen LogP contribution in [-0.4, -0.2) is 0 Å². The lowest BCUT2D eigenvalue weighted by atomic mass is 9.96. The van der Waals surface area contributed by atoms with Crippen molar-refractivity contribution < 1.29 is 0 Å². The quantitative estimate of drug-likeness (QED) is 0.297. The van der Waals surface area contributed by atoms with Crippen molar-refractivity contribution in [3.05, 3.63) is 109 Å². The summed E-state index contributed by atoms with van der Waals surface area (Å²) in [6, 6.07) is 39.2. The zero-order valence-electron chi connectivity index (χ0n) is 14.4. The molecule has 0 radical (unpaired) electrons. The molecule has 26 heavy (non-hydrogen) atoms. The van der Waals surface area contributed by atoms with Crippen molar-refractivity contribution >= 4 is 21.5 Å². The van der Waals surface area contributed by atoms with Crippen LogP contribution in [0.25, 0.3) is 43.8 Å². The first-order valence-electron chi connectivity index (χ1n) is 8.95. The third kappa shape index (κ3) is 2.66. The predicted octanol–water partition coefficient (Wildman–Crippen LogP) is 7.33. The average Bonchev–Trinajstić information content (AvgIpc) is 2.73. The van der Waals surface area contributed by atoms with Gasteiger partial charge in [-0.2, -0.15) is 0 Å². The Bertz CT molecular complexity index is 1100. The molecule has 0 saturated heterocycles. The molecular weight excluding hydrogens is 312 g/mol. The molecule has 0 aliphatic heterocycles. The molecular formula is C26H18. The number of hydrogen-bond donors (Lipinski definition) is 0. The van der Waals surface area contributed by atoms with E-state index in [4.69, 9.17) is 0 Å². The number of benzene rings is 5. The van der Waals surface area contributed by atoms with E-state index in [0.717, 1.165) is 0 Å². The fourth-order valence-corrected chi connectivity index (χ4v) is 3.62. The Kier molecular flexibility index (Phi) is 3.54. The molecule has 5 aromatic carbocycles. The maximum Gasteiger partial charge on any atom is -0.0171 e. The Labute approximate surface area is 153 Å². The van der Waals surface area contributed by atoms with E-state index >= 15 is 0 Å². The standard InChI is InChI=1S/C26H18/c1-3-7-19(8-4-1)21-11-13-23-18-26-16-22(20-9-5-2-6-10-20)12-14-24(26)17-25(23)15-21/h1-18H. The Morgan fingerprint density at radius 3 is 1.12 bits per heavy atom. The Hall–Kier alpha value is -3.38. The van der Waals surface area contributed by atoms with Crippen LogP contribution in [0, 0.1) is 0 Å². The summed E-state index contributed by atoms with van der Waals surface area (Å²) in [6.45, 7) is 0. The van der Waals surface area contributed by atoms with Crippen molar-refractivity contribution in [1.29, 1.82) is 0 Å². The van der Waals surface area contributed by atoms with E-state index in [1.54, 1.807) is 0 Å². The molecule has 0 nitrogen and oxygen atoms in total. The lowest BCUT2D eigenvalue weighted by Crippen LogP contribution is -1.82. The monoisotopic (exact) mass is 330 g/mol. The molecule has 0 aliphatic rings. The third-order valence-corrected chi connectivity index (χ3v) is 5.01. The molecule has 0 aliphatic carbocycles. The molecule has 5 rings (SSSR count). The molecule has 0 spiro atoms. The van der Waals surface area contributed by atoms with Gasteiger partial charge in [0.15, 0.2) is 0 Å². The molecule has 5 aromatic rings. The van der Waals surface area contributed by atoms with Crippen LogP contribution in [0.2, 0.25) is 0 Å². The van der Waals surface area contributed by atoms with Gasteiger partial charge in [0.25, 0.3) is 0 Å². The van der Waals surface area contributed by atoms with Crippen molar-refractivity contribution in [2.75, 3.05) is 0 Å². The van der Waals surface area contributed by atoms with E-state index in [-0.39, 0.29) is 0 Å². The largest absolute Gasteiger partial charge is 0.0622 e. The van der Waals surface area contributed by atoms with E-state index in [1.165, 1.54) is 43.8 Å². The molecule has 0 fully saturated rings. The highest BCUT2D eigenvalue weighted by Gasteiger charge is 2.04. The summed E-state index contributed by atoms with van der Waals surface area (Å²) in [5.74, 6) is 0. The van der Waals surface area contributed by atoms with Gasteiger partial charge in [-0.05, 0) is 68.1 Å². The summed E-state index contributed by atoms with van der Waals surface area (Å²) in [7, 11) is 0. The van der Waals surface area contributed by atoms with Crippen molar-refractivity contribution in [2.24, 2.45) is 0 Å². The van der Waals surface area contributed by atoms with Gasteiger partial charge >= 0.3 is 0 Å². The molecule has 122 valence electrons. The SMILES string of the molecule is c1ccc(-c2ccc3cc4cc(-c5ccccc5)ccc4cc3c2)cc1. The molecule has 0 bridgehead atoms. The highest BCUT2D eigenvalue weighted by Crippen LogP contribution is 2.30. The number of hydrogen-bond acceptors (Lipinski definition) is 0. The van der Waals surface area contributed by atoms with Crippen molar-refractivity contribution in [1.82, 2.24) is 0 Å². The lowest BCUT2D eigenvalue weighted by Gasteiger charge is -2.08. The minimum Gasteiger partial charge on any atom is -0.0622 e. The van der Waals surface area contributed by atoms with Gasteiger partial charge in [0, 0.05) is 0 Å². The van der Waals surface area contributed by atoms with Crippen molar-refractivity contribution in [3.63, 3.8) is 0 Å². The zero-order valence-corrected chi connectivity index (χ0v) is 14.4. The Balaban J connectivity index is 1.65. The Morgan fingerprint density at radius 2 is 0.692 bits per heavy atom. The van der Waals surface area contributed by atoms with Crippen LogP contribution in [0.1, 0.15) is 0 Å². The van der Waals surface area contributed by atoms with Gasteiger partial charge in [0.2, 0.25) is 0 Å². The van der Waals surface area contributed by atoms with Gasteiger partial charge in [0.05, 0.1) is 0 Å². The van der Waals surface area contributed by atoms with E-state index < -0.39 is 0 Å². The number of fused-ring (bicyclic) bond motifs is 2. The lowest BCUT2D eigenvalue weighted by molar-refractivity contribution is 1.64. The van der Waals surface area contributed by atoms with Gasteiger partial charge in [-0.15, -0.1) is 0 Å². The molecule has 0 N–H and O–H groups in total. The first kappa shape index (κ1) is 14.9. The van der Waals surface area contributed by atoms with Crippen molar-refractivity contribution in [2.45, 2.75) is 0 Å². The first-order chi connectivity index (χ1) is 12.9. The minimum atomic E-state index is 1.26. The summed E-state index contributed by atoms with van der Waals surface area (Å²) in [5, 5.41) is 5.13. The predicted molar refractivity (Wildman–Crippen MR) is 112 cm³/mol. The van der Waals surface area contributed by atoms with Crippen LogP contribution < -0.4 is 0 Å². The Morgan fingerprint density at radius 1 is 0.269 bits per heavy atom. The fourth-order valence-electron chi connectivity index (χ4n) is 3.62. The van der Waals surface area contributed by atoms with Gasteiger partial charge in [0.1, 0.15) is 0 Å². The van der Waals surface area contributed by atoms with Crippen LogP contribution in [0.5, 0.6) is 0 Å². The van der Waals surface area contributed by atoms with E-state index in [1.807, 2.05) is 0 Å². The van der Waals surface area contributed by atoms with Crippen LogP contribution in [-0.2, 0) is 0 Å². The molecule has 0 heterocycles. The second-order valence-corrected chi connectivity index (χ2v) is 6.71.